The Morgan fingerprint density at radius 3 is 2.67 bits per heavy atom. The molecule has 4 nitrogen and oxygen atoms in total. The highest BCUT2D eigenvalue weighted by atomic mass is 32.2. The zero-order chi connectivity index (χ0) is 16.9. The standard InChI is InChI=1S/C19H20N4S/c1-2-14-5-8-17(19-18(14)15(11-21)12-22-19)23-24-16-6-3-13(4-7-16)9-10-20/h3-8,12,22-23H,2,9-10,20H2,1H3. The minimum absolute atomic E-state index is 0.667. The van der Waals surface area contributed by atoms with Gasteiger partial charge in [0.05, 0.1) is 16.8 Å². The van der Waals surface area contributed by atoms with Crippen LogP contribution in [0.1, 0.15) is 23.6 Å². The van der Waals surface area contributed by atoms with Crippen molar-refractivity contribution in [3.8, 4) is 6.07 Å². The Hall–Kier alpha value is -2.42. The number of hydrogen-bond acceptors (Lipinski definition) is 4. The number of rotatable bonds is 6. The number of aromatic amines is 1. The van der Waals surface area contributed by atoms with Crippen LogP contribution in [0.25, 0.3) is 10.9 Å². The Kier molecular flexibility index (Phi) is 5.09. The smallest absolute Gasteiger partial charge is 0.101 e. The molecule has 3 rings (SSSR count). The van der Waals surface area contributed by atoms with Gasteiger partial charge in [0.1, 0.15) is 6.07 Å². The highest BCUT2D eigenvalue weighted by Gasteiger charge is 2.11. The van der Waals surface area contributed by atoms with Gasteiger partial charge < -0.3 is 15.4 Å². The van der Waals surface area contributed by atoms with Crippen LogP contribution < -0.4 is 10.5 Å². The van der Waals surface area contributed by atoms with Crippen LogP contribution in [0.5, 0.6) is 0 Å². The predicted octanol–water partition coefficient (Wildman–Crippen LogP) is 4.22. The predicted molar refractivity (Wildman–Crippen MR) is 101 cm³/mol. The average molecular weight is 336 g/mol. The maximum atomic E-state index is 9.31. The third kappa shape index (κ3) is 3.25. The number of fused-ring (bicyclic) bond motifs is 1. The molecule has 24 heavy (non-hydrogen) atoms. The Morgan fingerprint density at radius 1 is 1.21 bits per heavy atom. The van der Waals surface area contributed by atoms with Crippen molar-refractivity contribution in [3.05, 3.63) is 59.3 Å². The number of nitrogens with two attached hydrogens (primary N) is 1. The minimum atomic E-state index is 0.667. The van der Waals surface area contributed by atoms with Gasteiger partial charge in [-0.2, -0.15) is 5.26 Å². The largest absolute Gasteiger partial charge is 0.358 e. The highest BCUT2D eigenvalue weighted by molar-refractivity contribution is 8.00. The van der Waals surface area contributed by atoms with Crippen LogP contribution in [-0.2, 0) is 12.8 Å². The van der Waals surface area contributed by atoms with Crippen molar-refractivity contribution < 1.29 is 0 Å². The maximum absolute atomic E-state index is 9.31. The molecule has 3 aromatic rings. The molecular weight excluding hydrogens is 316 g/mol. The Morgan fingerprint density at radius 2 is 2.00 bits per heavy atom. The number of nitrogens with one attached hydrogen (secondary N) is 2. The molecule has 0 atom stereocenters. The molecule has 0 unspecified atom stereocenters. The number of nitrogens with zero attached hydrogens (tertiary/aromatic N) is 1. The molecule has 4 N–H and O–H groups in total. The van der Waals surface area contributed by atoms with E-state index in [2.05, 4.69) is 59.1 Å². The summed E-state index contributed by atoms with van der Waals surface area (Å²) in [7, 11) is 0. The molecule has 0 aliphatic carbocycles. The van der Waals surface area contributed by atoms with Crippen molar-refractivity contribution in [2.24, 2.45) is 5.73 Å². The van der Waals surface area contributed by atoms with Gasteiger partial charge in [-0.3, -0.25) is 0 Å². The number of benzene rings is 2. The molecule has 0 fully saturated rings. The van der Waals surface area contributed by atoms with Crippen molar-refractivity contribution in [3.63, 3.8) is 0 Å². The molecule has 0 saturated carbocycles. The fourth-order valence-electron chi connectivity index (χ4n) is 2.79. The lowest BCUT2D eigenvalue weighted by Gasteiger charge is -2.10. The molecule has 0 bridgehead atoms. The first-order chi connectivity index (χ1) is 11.8. The van der Waals surface area contributed by atoms with Crippen LogP contribution in [0.2, 0.25) is 0 Å². The van der Waals surface area contributed by atoms with E-state index < -0.39 is 0 Å². The van der Waals surface area contributed by atoms with Crippen LogP contribution in [-0.4, -0.2) is 11.5 Å². The van der Waals surface area contributed by atoms with Crippen LogP contribution in [0.3, 0.4) is 0 Å². The highest BCUT2D eigenvalue weighted by Crippen LogP contribution is 2.32. The quantitative estimate of drug-likeness (QED) is 0.589. The first-order valence-electron chi connectivity index (χ1n) is 8.01. The number of aryl methyl sites for hydroxylation is 1. The van der Waals surface area contributed by atoms with Crippen molar-refractivity contribution in [1.82, 2.24) is 4.98 Å². The normalized spacial score (nSPS) is 10.7. The van der Waals surface area contributed by atoms with E-state index in [0.717, 1.165) is 34.3 Å². The molecule has 0 radical (unpaired) electrons. The first-order valence-corrected chi connectivity index (χ1v) is 8.83. The number of anilines is 1. The molecule has 0 spiro atoms. The molecule has 1 aromatic heterocycles. The van der Waals surface area contributed by atoms with Crippen LogP contribution >= 0.6 is 11.9 Å². The lowest BCUT2D eigenvalue weighted by atomic mass is 10.0. The lowest BCUT2D eigenvalue weighted by Crippen LogP contribution is -2.02. The van der Waals surface area contributed by atoms with E-state index in [1.54, 1.807) is 18.1 Å². The van der Waals surface area contributed by atoms with Gasteiger partial charge in [-0.15, -0.1) is 0 Å². The van der Waals surface area contributed by atoms with Crippen molar-refractivity contribution >= 4 is 28.5 Å². The fraction of sp³-hybridized carbons (Fsp3) is 0.211. The summed E-state index contributed by atoms with van der Waals surface area (Å²) in [5.74, 6) is 0. The summed E-state index contributed by atoms with van der Waals surface area (Å²) < 4.78 is 3.40. The van der Waals surface area contributed by atoms with Crippen molar-refractivity contribution in [2.75, 3.05) is 11.3 Å². The number of aromatic nitrogens is 1. The monoisotopic (exact) mass is 336 g/mol. The SMILES string of the molecule is CCc1ccc(NSc2ccc(CCN)cc2)c2[nH]cc(C#N)c12. The second kappa shape index (κ2) is 7.43. The van der Waals surface area contributed by atoms with Gasteiger partial charge in [-0.05, 0) is 60.7 Å². The van der Waals surface area contributed by atoms with E-state index in [1.165, 1.54) is 11.1 Å². The van der Waals surface area contributed by atoms with Gasteiger partial charge in [-0.25, -0.2) is 0 Å². The van der Waals surface area contributed by atoms with E-state index in [9.17, 15) is 5.26 Å². The number of nitriles is 1. The molecule has 5 heteroatoms. The molecular formula is C19H20N4S. The van der Waals surface area contributed by atoms with E-state index in [1.807, 2.05) is 0 Å². The molecule has 0 saturated heterocycles. The Bertz CT molecular complexity index is 875. The van der Waals surface area contributed by atoms with E-state index in [-0.39, 0.29) is 0 Å². The summed E-state index contributed by atoms with van der Waals surface area (Å²) in [6.45, 7) is 2.77. The van der Waals surface area contributed by atoms with Gasteiger partial charge in [-0.1, -0.05) is 25.1 Å². The molecule has 1 heterocycles. The summed E-state index contributed by atoms with van der Waals surface area (Å²) in [5, 5.41) is 10.3. The topological polar surface area (TPSA) is 77.6 Å². The van der Waals surface area contributed by atoms with E-state index in [4.69, 9.17) is 5.73 Å². The zero-order valence-electron chi connectivity index (χ0n) is 13.6. The summed E-state index contributed by atoms with van der Waals surface area (Å²) in [6, 6.07) is 14.8. The van der Waals surface area contributed by atoms with Crippen molar-refractivity contribution in [1.29, 1.82) is 5.26 Å². The Balaban J connectivity index is 1.83. The third-order valence-electron chi connectivity index (χ3n) is 4.06. The van der Waals surface area contributed by atoms with Crippen LogP contribution in [0.4, 0.5) is 5.69 Å². The molecule has 0 aliphatic heterocycles. The molecule has 0 amide bonds. The van der Waals surface area contributed by atoms with E-state index in [0.29, 0.717) is 12.1 Å². The number of hydrogen-bond donors (Lipinski definition) is 3. The third-order valence-corrected chi connectivity index (χ3v) is 4.89. The molecule has 122 valence electrons. The number of H-pyrrole nitrogens is 1. The van der Waals surface area contributed by atoms with Gasteiger partial charge in [0.15, 0.2) is 0 Å². The average Bonchev–Trinajstić information content (AvgIpc) is 3.05. The second-order valence-corrected chi connectivity index (χ2v) is 6.46. The second-order valence-electron chi connectivity index (χ2n) is 5.58. The van der Waals surface area contributed by atoms with Crippen LogP contribution in [0.15, 0.2) is 47.5 Å². The summed E-state index contributed by atoms with van der Waals surface area (Å²) in [4.78, 5) is 4.37. The summed E-state index contributed by atoms with van der Waals surface area (Å²) in [6.07, 6.45) is 3.58. The summed E-state index contributed by atoms with van der Waals surface area (Å²) in [5.41, 5.74) is 10.7. The maximum Gasteiger partial charge on any atom is 0.101 e. The first kappa shape index (κ1) is 16.4. The minimum Gasteiger partial charge on any atom is -0.358 e. The fourth-order valence-corrected chi connectivity index (χ4v) is 3.46. The molecule has 0 aliphatic rings. The molecule has 2 aromatic carbocycles. The summed E-state index contributed by atoms with van der Waals surface area (Å²) >= 11 is 1.56. The van der Waals surface area contributed by atoms with Gasteiger partial charge in [0.2, 0.25) is 0 Å². The van der Waals surface area contributed by atoms with Gasteiger partial charge in [0, 0.05) is 16.5 Å². The van der Waals surface area contributed by atoms with Gasteiger partial charge >= 0.3 is 0 Å². The Labute approximate surface area is 146 Å². The van der Waals surface area contributed by atoms with Gasteiger partial charge in [0.25, 0.3) is 0 Å². The zero-order valence-corrected chi connectivity index (χ0v) is 14.4. The lowest BCUT2D eigenvalue weighted by molar-refractivity contribution is 0.966. The van der Waals surface area contributed by atoms with Crippen molar-refractivity contribution in [2.45, 2.75) is 24.7 Å². The van der Waals surface area contributed by atoms with E-state index >= 15 is 0 Å². The van der Waals surface area contributed by atoms with Crippen LogP contribution in [0, 0.1) is 11.3 Å².